The molecule has 0 saturated carbocycles. The van der Waals surface area contributed by atoms with E-state index < -0.39 is 12.1 Å². The monoisotopic (exact) mass is 249 g/mol. The Kier molecular flexibility index (Phi) is 3.87. The predicted octanol–water partition coefficient (Wildman–Crippen LogP) is 2.35. The molecule has 2 atom stereocenters. The van der Waals surface area contributed by atoms with E-state index in [0.717, 1.165) is 12.1 Å². The molecular formula is C14H19NO3. The minimum atomic E-state index is -0.857. The molecule has 2 unspecified atom stereocenters. The smallest absolute Gasteiger partial charge is 0.332 e. The summed E-state index contributed by atoms with van der Waals surface area (Å²) < 4.78 is 5.46. The van der Waals surface area contributed by atoms with Gasteiger partial charge in [-0.1, -0.05) is 18.2 Å². The van der Waals surface area contributed by atoms with Crippen LogP contribution in [-0.2, 0) is 9.53 Å². The van der Waals surface area contributed by atoms with Crippen molar-refractivity contribution < 1.29 is 14.6 Å². The Morgan fingerprint density at radius 1 is 1.39 bits per heavy atom. The van der Waals surface area contributed by atoms with Gasteiger partial charge in [-0.3, -0.25) is 0 Å². The summed E-state index contributed by atoms with van der Waals surface area (Å²) in [6, 6.07) is 6.15. The van der Waals surface area contributed by atoms with Gasteiger partial charge in [0.25, 0.3) is 0 Å². The molecule has 1 heterocycles. The van der Waals surface area contributed by atoms with Crippen LogP contribution in [0.5, 0.6) is 0 Å². The van der Waals surface area contributed by atoms with Gasteiger partial charge in [0.05, 0.1) is 6.10 Å². The topological polar surface area (TPSA) is 58.6 Å². The minimum Gasteiger partial charge on any atom is -0.479 e. The highest BCUT2D eigenvalue weighted by Gasteiger charge is 2.30. The highest BCUT2D eigenvalue weighted by Crippen LogP contribution is 2.23. The van der Waals surface area contributed by atoms with Crippen LogP contribution in [0.25, 0.3) is 0 Å². The van der Waals surface area contributed by atoms with E-state index in [9.17, 15) is 4.79 Å². The fourth-order valence-electron chi connectivity index (χ4n) is 2.35. The zero-order valence-corrected chi connectivity index (χ0v) is 10.8. The summed E-state index contributed by atoms with van der Waals surface area (Å²) in [5, 5.41) is 12.2. The molecule has 18 heavy (non-hydrogen) atoms. The lowest BCUT2D eigenvalue weighted by molar-refractivity contribution is -0.149. The van der Waals surface area contributed by atoms with Crippen LogP contribution in [-0.4, -0.2) is 29.8 Å². The fraction of sp³-hybridized carbons (Fsp3) is 0.500. The number of carboxylic acids is 1. The molecule has 0 aromatic heterocycles. The van der Waals surface area contributed by atoms with Gasteiger partial charge in [0, 0.05) is 12.2 Å². The van der Waals surface area contributed by atoms with E-state index in [4.69, 9.17) is 9.84 Å². The van der Waals surface area contributed by atoms with Crippen molar-refractivity contribution in [2.75, 3.05) is 11.9 Å². The van der Waals surface area contributed by atoms with Gasteiger partial charge in [0.1, 0.15) is 0 Å². The lowest BCUT2D eigenvalue weighted by atomic mass is 10.1. The fourth-order valence-corrected chi connectivity index (χ4v) is 2.35. The first-order chi connectivity index (χ1) is 8.58. The minimum absolute atomic E-state index is 0.00916. The van der Waals surface area contributed by atoms with Crippen molar-refractivity contribution in [3.05, 3.63) is 29.3 Å². The molecule has 4 nitrogen and oxygen atoms in total. The van der Waals surface area contributed by atoms with Gasteiger partial charge in [-0.15, -0.1) is 0 Å². The molecule has 1 fully saturated rings. The average Bonchev–Trinajstić information content (AvgIpc) is 2.77. The van der Waals surface area contributed by atoms with E-state index in [1.165, 1.54) is 11.1 Å². The molecule has 1 aromatic carbocycles. The molecule has 1 saturated heterocycles. The summed E-state index contributed by atoms with van der Waals surface area (Å²) >= 11 is 0. The van der Waals surface area contributed by atoms with Crippen molar-refractivity contribution in [1.82, 2.24) is 0 Å². The Morgan fingerprint density at radius 2 is 2.06 bits per heavy atom. The zero-order valence-electron chi connectivity index (χ0n) is 10.8. The maximum atomic E-state index is 10.8. The van der Waals surface area contributed by atoms with E-state index in [0.29, 0.717) is 13.0 Å². The molecule has 2 N–H and O–H groups in total. The van der Waals surface area contributed by atoms with E-state index >= 15 is 0 Å². The van der Waals surface area contributed by atoms with Gasteiger partial charge in [-0.25, -0.2) is 4.79 Å². The Labute approximate surface area is 107 Å². The van der Waals surface area contributed by atoms with Crippen molar-refractivity contribution >= 4 is 11.7 Å². The molecule has 0 spiro atoms. The summed E-state index contributed by atoms with van der Waals surface area (Å²) in [5.74, 6) is -0.857. The van der Waals surface area contributed by atoms with Gasteiger partial charge in [0.15, 0.2) is 6.10 Å². The van der Waals surface area contributed by atoms with Gasteiger partial charge in [0.2, 0.25) is 0 Å². The van der Waals surface area contributed by atoms with Crippen LogP contribution in [0.2, 0.25) is 0 Å². The summed E-state index contributed by atoms with van der Waals surface area (Å²) in [5.41, 5.74) is 3.52. The second-order valence-corrected chi connectivity index (χ2v) is 4.81. The maximum absolute atomic E-state index is 10.8. The van der Waals surface area contributed by atoms with E-state index in [1.54, 1.807) is 0 Å². The Balaban J connectivity index is 1.91. The quantitative estimate of drug-likeness (QED) is 0.860. The first-order valence-corrected chi connectivity index (χ1v) is 6.26. The summed E-state index contributed by atoms with van der Waals surface area (Å²) in [6.07, 6.45) is 0.767. The first-order valence-electron chi connectivity index (χ1n) is 6.26. The number of para-hydroxylation sites is 1. The Morgan fingerprint density at radius 3 is 2.61 bits per heavy atom. The van der Waals surface area contributed by atoms with Crippen molar-refractivity contribution in [2.45, 2.75) is 38.9 Å². The number of ether oxygens (including phenoxy) is 1. The van der Waals surface area contributed by atoms with Crippen molar-refractivity contribution in [1.29, 1.82) is 0 Å². The standard InChI is InChI=1S/C14H19NO3/c1-9-4-3-5-10(2)13(9)15-8-11-6-7-12(18-11)14(16)17/h3-5,11-12,15H,6-8H2,1-2H3,(H,16,17). The average molecular weight is 249 g/mol. The normalized spacial score (nSPS) is 23.0. The maximum Gasteiger partial charge on any atom is 0.332 e. The summed E-state index contributed by atoms with van der Waals surface area (Å²) in [4.78, 5) is 10.8. The SMILES string of the molecule is Cc1cccc(C)c1NCC1CCC(C(=O)O)O1. The number of benzene rings is 1. The zero-order chi connectivity index (χ0) is 13.1. The lowest BCUT2D eigenvalue weighted by Crippen LogP contribution is -2.24. The van der Waals surface area contributed by atoms with Crippen LogP contribution in [0, 0.1) is 13.8 Å². The largest absolute Gasteiger partial charge is 0.479 e. The van der Waals surface area contributed by atoms with Crippen LogP contribution in [0.15, 0.2) is 18.2 Å². The number of carbonyl (C=O) groups is 1. The second-order valence-electron chi connectivity index (χ2n) is 4.81. The molecule has 0 aliphatic carbocycles. The van der Waals surface area contributed by atoms with E-state index in [1.807, 2.05) is 6.07 Å². The van der Waals surface area contributed by atoms with Crippen LogP contribution in [0.3, 0.4) is 0 Å². The molecule has 1 aromatic rings. The van der Waals surface area contributed by atoms with Crippen molar-refractivity contribution in [3.63, 3.8) is 0 Å². The number of carboxylic acid groups (broad SMARTS) is 1. The predicted molar refractivity (Wildman–Crippen MR) is 69.9 cm³/mol. The number of nitrogens with one attached hydrogen (secondary N) is 1. The number of hydrogen-bond acceptors (Lipinski definition) is 3. The number of aliphatic carboxylic acids is 1. The van der Waals surface area contributed by atoms with Gasteiger partial charge >= 0.3 is 5.97 Å². The Hall–Kier alpha value is -1.55. The van der Waals surface area contributed by atoms with Gasteiger partial charge < -0.3 is 15.2 Å². The van der Waals surface area contributed by atoms with Crippen molar-refractivity contribution in [2.24, 2.45) is 0 Å². The first kappa shape index (κ1) is 12.9. The van der Waals surface area contributed by atoms with Crippen LogP contribution in [0.1, 0.15) is 24.0 Å². The molecule has 1 aliphatic rings. The van der Waals surface area contributed by atoms with Gasteiger partial charge in [-0.2, -0.15) is 0 Å². The molecule has 98 valence electrons. The van der Waals surface area contributed by atoms with Crippen molar-refractivity contribution in [3.8, 4) is 0 Å². The summed E-state index contributed by atoms with van der Waals surface area (Å²) in [6.45, 7) is 4.78. The highest BCUT2D eigenvalue weighted by atomic mass is 16.5. The molecule has 0 radical (unpaired) electrons. The number of rotatable bonds is 4. The third-order valence-electron chi connectivity index (χ3n) is 3.37. The Bertz CT molecular complexity index is 424. The lowest BCUT2D eigenvalue weighted by Gasteiger charge is -2.16. The van der Waals surface area contributed by atoms with E-state index in [-0.39, 0.29) is 6.10 Å². The van der Waals surface area contributed by atoms with Gasteiger partial charge in [-0.05, 0) is 37.8 Å². The number of anilines is 1. The molecule has 0 amide bonds. The molecule has 1 aliphatic heterocycles. The van der Waals surface area contributed by atoms with Crippen LogP contribution < -0.4 is 5.32 Å². The summed E-state index contributed by atoms with van der Waals surface area (Å²) in [7, 11) is 0. The second kappa shape index (κ2) is 5.40. The van der Waals surface area contributed by atoms with E-state index in [2.05, 4.69) is 31.3 Å². The number of aryl methyl sites for hydroxylation is 2. The molecule has 2 rings (SSSR count). The van der Waals surface area contributed by atoms with Crippen LogP contribution in [0.4, 0.5) is 5.69 Å². The third kappa shape index (κ3) is 2.82. The highest BCUT2D eigenvalue weighted by molar-refractivity contribution is 5.72. The third-order valence-corrected chi connectivity index (χ3v) is 3.37. The number of hydrogen-bond donors (Lipinski definition) is 2. The molecule has 4 heteroatoms. The molecule has 0 bridgehead atoms. The van der Waals surface area contributed by atoms with Crippen LogP contribution >= 0.6 is 0 Å². The molecular weight excluding hydrogens is 230 g/mol.